The Balaban J connectivity index is 3.09. The number of nitrogens with zero attached hydrogens (tertiary/aromatic N) is 2. The molecule has 0 bridgehead atoms. The van der Waals surface area contributed by atoms with Gasteiger partial charge < -0.3 is 5.11 Å². The molecule has 13 heavy (non-hydrogen) atoms. The summed E-state index contributed by atoms with van der Waals surface area (Å²) in [5.74, 6) is -6.30. The van der Waals surface area contributed by atoms with Crippen LogP contribution in [0.4, 0.5) is 8.78 Å². The highest BCUT2D eigenvalue weighted by atomic mass is 32.1. The minimum absolute atomic E-state index is 0.184. The van der Waals surface area contributed by atoms with Crippen LogP contribution in [0.25, 0.3) is 0 Å². The zero-order valence-electron chi connectivity index (χ0n) is 5.99. The maximum atomic E-state index is 12.7. The van der Waals surface area contributed by atoms with Crippen molar-refractivity contribution in [3.63, 3.8) is 0 Å². The van der Waals surface area contributed by atoms with Crippen molar-refractivity contribution in [3.05, 3.63) is 16.1 Å². The number of halogens is 2. The number of nitriles is 1. The van der Waals surface area contributed by atoms with Crippen molar-refractivity contribution < 1.29 is 18.7 Å². The van der Waals surface area contributed by atoms with E-state index in [1.165, 1.54) is 6.07 Å². The summed E-state index contributed by atoms with van der Waals surface area (Å²) in [7, 11) is 0. The highest BCUT2D eigenvalue weighted by molar-refractivity contribution is 7.10. The van der Waals surface area contributed by atoms with Crippen molar-refractivity contribution in [2.75, 3.05) is 0 Å². The molecule has 0 aliphatic carbocycles. The van der Waals surface area contributed by atoms with Gasteiger partial charge in [-0.1, -0.05) is 0 Å². The molecule has 1 aromatic heterocycles. The Morgan fingerprint density at radius 1 is 1.77 bits per heavy atom. The number of aromatic nitrogens is 1. The third kappa shape index (κ3) is 1.62. The number of aliphatic carboxylic acids is 1. The van der Waals surface area contributed by atoms with E-state index in [4.69, 9.17) is 10.4 Å². The first-order chi connectivity index (χ1) is 5.98. The average molecular weight is 204 g/mol. The predicted octanol–water partition coefficient (Wildman–Crippen LogP) is 1.19. The van der Waals surface area contributed by atoms with E-state index in [0.717, 1.165) is 5.38 Å². The Labute approximate surface area is 75.1 Å². The second kappa shape index (κ2) is 3.06. The van der Waals surface area contributed by atoms with Crippen LogP contribution in [0.15, 0.2) is 5.38 Å². The van der Waals surface area contributed by atoms with Crippen LogP contribution in [0.5, 0.6) is 0 Å². The lowest BCUT2D eigenvalue weighted by Gasteiger charge is -2.05. The lowest BCUT2D eigenvalue weighted by Crippen LogP contribution is -2.25. The second-order valence-electron chi connectivity index (χ2n) is 2.03. The first-order valence-electron chi connectivity index (χ1n) is 2.96. The van der Waals surface area contributed by atoms with Crippen LogP contribution in [-0.4, -0.2) is 16.1 Å². The number of thiazole rings is 1. The van der Waals surface area contributed by atoms with E-state index in [2.05, 4.69) is 4.98 Å². The highest BCUT2D eigenvalue weighted by Crippen LogP contribution is 2.28. The molecule has 0 atom stereocenters. The number of carbonyl (C=O) groups is 1. The van der Waals surface area contributed by atoms with Crippen molar-refractivity contribution in [2.45, 2.75) is 5.92 Å². The Morgan fingerprint density at radius 2 is 2.38 bits per heavy atom. The van der Waals surface area contributed by atoms with Crippen LogP contribution in [0, 0.1) is 11.3 Å². The molecule has 0 aliphatic heterocycles. The zero-order chi connectivity index (χ0) is 10.1. The van der Waals surface area contributed by atoms with Gasteiger partial charge in [0.15, 0.2) is 5.01 Å². The van der Waals surface area contributed by atoms with E-state index in [9.17, 15) is 13.6 Å². The number of carboxylic acid groups (broad SMARTS) is 1. The van der Waals surface area contributed by atoms with Crippen molar-refractivity contribution in [1.29, 1.82) is 5.26 Å². The summed E-state index contributed by atoms with van der Waals surface area (Å²) in [6, 6.07) is 1.54. The predicted molar refractivity (Wildman–Crippen MR) is 38.4 cm³/mol. The number of rotatable bonds is 2. The molecule has 7 heteroatoms. The number of carboxylic acids is 1. The van der Waals surface area contributed by atoms with E-state index in [1.807, 2.05) is 0 Å². The minimum Gasteiger partial charge on any atom is -0.476 e. The third-order valence-electron chi connectivity index (χ3n) is 1.19. The van der Waals surface area contributed by atoms with Crippen LogP contribution in [0.1, 0.15) is 10.7 Å². The van der Waals surface area contributed by atoms with Crippen LogP contribution in [-0.2, 0) is 10.7 Å². The highest BCUT2D eigenvalue weighted by Gasteiger charge is 2.43. The number of hydrogen-bond acceptors (Lipinski definition) is 4. The van der Waals surface area contributed by atoms with Gasteiger partial charge in [0.1, 0.15) is 11.8 Å². The molecule has 0 amide bonds. The molecule has 0 fully saturated rings. The summed E-state index contributed by atoms with van der Waals surface area (Å²) >= 11 is 0.678. The zero-order valence-corrected chi connectivity index (χ0v) is 6.81. The topological polar surface area (TPSA) is 74.0 Å². The van der Waals surface area contributed by atoms with Crippen LogP contribution >= 0.6 is 11.3 Å². The average Bonchev–Trinajstić information content (AvgIpc) is 2.51. The van der Waals surface area contributed by atoms with Gasteiger partial charge in [0.05, 0.1) is 0 Å². The Bertz CT molecular complexity index is 382. The SMILES string of the molecule is N#Cc1nc(C(F)(F)C(=O)O)cs1. The Hall–Kier alpha value is -1.55. The van der Waals surface area contributed by atoms with Crippen LogP contribution < -0.4 is 0 Å². The largest absolute Gasteiger partial charge is 0.476 e. The first kappa shape index (κ1) is 9.54. The molecule has 1 aromatic rings. The minimum atomic E-state index is -4.02. The summed E-state index contributed by atoms with van der Waals surface area (Å²) in [4.78, 5) is 13.2. The monoisotopic (exact) mass is 204 g/mol. The Kier molecular flexibility index (Phi) is 2.25. The van der Waals surface area contributed by atoms with Gasteiger partial charge in [-0.2, -0.15) is 14.0 Å². The van der Waals surface area contributed by atoms with Gasteiger partial charge in [0, 0.05) is 5.38 Å². The molecule has 0 saturated heterocycles. The van der Waals surface area contributed by atoms with Crippen LogP contribution in [0.3, 0.4) is 0 Å². The molecular formula is C6H2F2N2O2S. The van der Waals surface area contributed by atoms with Gasteiger partial charge in [0.2, 0.25) is 0 Å². The van der Waals surface area contributed by atoms with Gasteiger partial charge in [-0.25, -0.2) is 9.78 Å². The van der Waals surface area contributed by atoms with Gasteiger partial charge in [0.25, 0.3) is 0 Å². The third-order valence-corrected chi connectivity index (χ3v) is 1.94. The fraction of sp³-hybridized carbons (Fsp3) is 0.167. The molecule has 0 aliphatic rings. The second-order valence-corrected chi connectivity index (χ2v) is 2.89. The van der Waals surface area contributed by atoms with Crippen molar-refractivity contribution in [3.8, 4) is 6.07 Å². The number of hydrogen-bond donors (Lipinski definition) is 1. The molecule has 0 aromatic carbocycles. The first-order valence-corrected chi connectivity index (χ1v) is 3.83. The lowest BCUT2D eigenvalue weighted by molar-refractivity contribution is -0.166. The fourth-order valence-electron chi connectivity index (χ4n) is 0.579. The molecular weight excluding hydrogens is 202 g/mol. The fourth-order valence-corrected chi connectivity index (χ4v) is 1.21. The quantitative estimate of drug-likeness (QED) is 0.785. The smallest absolute Gasteiger partial charge is 0.385 e. The van der Waals surface area contributed by atoms with E-state index in [0.29, 0.717) is 11.3 Å². The van der Waals surface area contributed by atoms with Gasteiger partial charge in [-0.3, -0.25) is 0 Å². The van der Waals surface area contributed by atoms with E-state index in [-0.39, 0.29) is 5.01 Å². The van der Waals surface area contributed by atoms with Crippen molar-refractivity contribution >= 4 is 17.3 Å². The van der Waals surface area contributed by atoms with Crippen LogP contribution in [0.2, 0.25) is 0 Å². The van der Waals surface area contributed by atoms with Gasteiger partial charge in [-0.05, 0) is 0 Å². The molecule has 1 heterocycles. The summed E-state index contributed by atoms with van der Waals surface area (Å²) in [6.07, 6.45) is 0. The molecule has 0 unspecified atom stereocenters. The van der Waals surface area contributed by atoms with E-state index >= 15 is 0 Å². The standard InChI is InChI=1S/C6H2F2N2O2S/c7-6(8,5(11)12)3-2-13-4(1-9)10-3/h2H,(H,11,12). The lowest BCUT2D eigenvalue weighted by atomic mass is 10.3. The molecule has 68 valence electrons. The van der Waals surface area contributed by atoms with E-state index in [1.54, 1.807) is 0 Å². The molecule has 0 saturated carbocycles. The maximum absolute atomic E-state index is 12.7. The molecule has 1 N–H and O–H groups in total. The molecule has 4 nitrogen and oxygen atoms in total. The summed E-state index contributed by atoms with van der Waals surface area (Å²) in [5, 5.41) is 17.0. The van der Waals surface area contributed by atoms with Gasteiger partial charge >= 0.3 is 11.9 Å². The van der Waals surface area contributed by atoms with Gasteiger partial charge in [-0.15, -0.1) is 11.3 Å². The molecule has 1 rings (SSSR count). The normalized spacial score (nSPS) is 10.8. The van der Waals surface area contributed by atoms with E-state index < -0.39 is 17.6 Å². The summed E-state index contributed by atoms with van der Waals surface area (Å²) in [5.41, 5.74) is -0.901. The molecule has 0 spiro atoms. The number of alkyl halides is 2. The van der Waals surface area contributed by atoms with Crippen molar-refractivity contribution in [2.24, 2.45) is 0 Å². The molecule has 0 radical (unpaired) electrons. The summed E-state index contributed by atoms with van der Waals surface area (Å²) < 4.78 is 25.3. The summed E-state index contributed by atoms with van der Waals surface area (Å²) in [6.45, 7) is 0. The Morgan fingerprint density at radius 3 is 2.77 bits per heavy atom. The maximum Gasteiger partial charge on any atom is 0.385 e. The van der Waals surface area contributed by atoms with Crippen molar-refractivity contribution in [1.82, 2.24) is 4.98 Å².